The molecule has 7 nitrogen and oxygen atoms in total. The largest absolute Gasteiger partial charge is 0.573 e. The van der Waals surface area contributed by atoms with Crippen molar-refractivity contribution in [2.24, 2.45) is 5.73 Å². The van der Waals surface area contributed by atoms with Gasteiger partial charge in [0.1, 0.15) is 17.1 Å². The van der Waals surface area contributed by atoms with Gasteiger partial charge < -0.3 is 20.8 Å². The predicted molar refractivity (Wildman–Crippen MR) is 108 cm³/mol. The molecule has 1 fully saturated rings. The van der Waals surface area contributed by atoms with Crippen molar-refractivity contribution in [3.05, 3.63) is 41.9 Å². The molecule has 0 saturated heterocycles. The number of hydrogen-bond donors (Lipinski definition) is 3. The van der Waals surface area contributed by atoms with Gasteiger partial charge in [-0.25, -0.2) is 4.98 Å². The minimum absolute atomic E-state index is 0.0552. The maximum absolute atomic E-state index is 12.6. The fourth-order valence-corrected chi connectivity index (χ4v) is 3.88. The number of fused-ring (bicyclic) bond motifs is 1. The highest BCUT2D eigenvalue weighted by molar-refractivity contribution is 5.94. The molecule has 31 heavy (non-hydrogen) atoms. The monoisotopic (exact) mass is 433 g/mol. The first kappa shape index (κ1) is 21.1. The minimum atomic E-state index is -4.77. The van der Waals surface area contributed by atoms with Crippen LogP contribution in [0.1, 0.15) is 41.7 Å². The van der Waals surface area contributed by atoms with Gasteiger partial charge in [-0.15, -0.1) is 13.2 Å². The minimum Gasteiger partial charge on any atom is -0.406 e. The number of alkyl halides is 3. The van der Waals surface area contributed by atoms with Gasteiger partial charge in [0.2, 0.25) is 0 Å². The number of H-pyrrole nitrogens is 1. The number of nitrogens with zero attached hydrogens (tertiary/aromatic N) is 2. The van der Waals surface area contributed by atoms with E-state index < -0.39 is 6.36 Å². The zero-order valence-electron chi connectivity index (χ0n) is 16.8. The van der Waals surface area contributed by atoms with E-state index in [1.165, 1.54) is 30.6 Å². The summed E-state index contributed by atoms with van der Waals surface area (Å²) in [5.41, 5.74) is 8.37. The van der Waals surface area contributed by atoms with E-state index in [9.17, 15) is 18.0 Å². The van der Waals surface area contributed by atoms with Crippen LogP contribution in [0.5, 0.6) is 5.75 Å². The zero-order chi connectivity index (χ0) is 22.2. The van der Waals surface area contributed by atoms with Crippen molar-refractivity contribution in [3.8, 4) is 17.1 Å². The highest BCUT2D eigenvalue weighted by Crippen LogP contribution is 2.32. The Bertz CT molecular complexity index is 1100. The second-order valence-corrected chi connectivity index (χ2v) is 7.75. The average molecular weight is 433 g/mol. The lowest BCUT2D eigenvalue weighted by molar-refractivity contribution is -0.274. The lowest BCUT2D eigenvalue weighted by Gasteiger charge is -2.26. The van der Waals surface area contributed by atoms with Crippen molar-refractivity contribution < 1.29 is 22.7 Å². The number of nitrogens with one attached hydrogen (secondary N) is 2. The van der Waals surface area contributed by atoms with E-state index in [2.05, 4.69) is 25.0 Å². The normalized spacial score (nSPS) is 19.4. The Morgan fingerprint density at radius 2 is 1.97 bits per heavy atom. The van der Waals surface area contributed by atoms with Crippen LogP contribution in [0.15, 0.2) is 30.6 Å². The third-order valence-corrected chi connectivity index (χ3v) is 5.49. The van der Waals surface area contributed by atoms with Gasteiger partial charge in [-0.05, 0) is 56.4 Å². The van der Waals surface area contributed by atoms with Crippen molar-refractivity contribution >= 4 is 16.8 Å². The average Bonchev–Trinajstić information content (AvgIpc) is 3.05. The lowest BCUT2D eigenvalue weighted by atomic mass is 9.92. The quantitative estimate of drug-likeness (QED) is 0.580. The molecule has 1 saturated carbocycles. The smallest absolute Gasteiger partial charge is 0.406 e. The Morgan fingerprint density at radius 1 is 1.23 bits per heavy atom. The lowest BCUT2D eigenvalue weighted by Crippen LogP contribution is -2.40. The van der Waals surface area contributed by atoms with E-state index in [1.54, 1.807) is 6.92 Å². The molecule has 2 aromatic heterocycles. The van der Waals surface area contributed by atoms with Crippen molar-refractivity contribution in [1.29, 1.82) is 0 Å². The molecule has 0 unspecified atom stereocenters. The number of benzene rings is 1. The van der Waals surface area contributed by atoms with Crippen LogP contribution >= 0.6 is 0 Å². The van der Waals surface area contributed by atoms with Crippen LogP contribution in [0.2, 0.25) is 0 Å². The summed E-state index contributed by atoms with van der Waals surface area (Å²) in [4.78, 5) is 24.3. The van der Waals surface area contributed by atoms with Gasteiger partial charge in [0.25, 0.3) is 5.91 Å². The number of amides is 1. The summed E-state index contributed by atoms with van der Waals surface area (Å²) in [7, 11) is 0. The molecular formula is C21H22F3N5O2. The van der Waals surface area contributed by atoms with Crippen molar-refractivity contribution in [2.75, 3.05) is 0 Å². The number of carbonyl (C=O) groups is 1. The highest BCUT2D eigenvalue weighted by Gasteiger charge is 2.31. The van der Waals surface area contributed by atoms with Crippen LogP contribution in [0.4, 0.5) is 13.2 Å². The van der Waals surface area contributed by atoms with Gasteiger partial charge in [0.05, 0.1) is 18.1 Å². The highest BCUT2D eigenvalue weighted by atomic mass is 19.4. The summed E-state index contributed by atoms with van der Waals surface area (Å²) in [6.07, 6.45) is 1.50. The molecule has 3 aromatic rings. The Kier molecular flexibility index (Phi) is 5.57. The van der Waals surface area contributed by atoms with Gasteiger partial charge >= 0.3 is 6.36 Å². The van der Waals surface area contributed by atoms with E-state index in [-0.39, 0.29) is 29.4 Å². The molecule has 164 valence electrons. The van der Waals surface area contributed by atoms with E-state index in [4.69, 9.17) is 5.73 Å². The van der Waals surface area contributed by atoms with Crippen molar-refractivity contribution in [3.63, 3.8) is 0 Å². The SMILES string of the molecule is Cc1c(-c2cncc(C(=O)NC3CCC(N)CC3)n2)[nH]c2ccc(OC(F)(F)F)cc12. The predicted octanol–water partition coefficient (Wildman–Crippen LogP) is 3.83. The molecule has 2 heterocycles. The standard InChI is InChI=1S/C21H22F3N5O2/c1-11-15-8-14(31-21(22,23)24)6-7-16(15)29-19(11)17-9-26-10-18(28-17)20(30)27-13-4-2-12(25)3-5-13/h6-10,12-13,29H,2-5,25H2,1H3,(H,27,30). The number of rotatable bonds is 4. The molecule has 1 aliphatic rings. The number of aryl methyl sites for hydroxylation is 1. The Morgan fingerprint density at radius 3 is 2.68 bits per heavy atom. The number of halogens is 3. The van der Waals surface area contributed by atoms with Crippen LogP contribution in [-0.4, -0.2) is 39.3 Å². The van der Waals surface area contributed by atoms with Gasteiger partial charge in [0, 0.05) is 23.0 Å². The zero-order valence-corrected chi connectivity index (χ0v) is 16.8. The maximum atomic E-state index is 12.6. The first-order valence-electron chi connectivity index (χ1n) is 9.96. The van der Waals surface area contributed by atoms with Crippen LogP contribution < -0.4 is 15.8 Å². The van der Waals surface area contributed by atoms with Gasteiger partial charge in [-0.2, -0.15) is 0 Å². The van der Waals surface area contributed by atoms with Crippen LogP contribution in [0.3, 0.4) is 0 Å². The third-order valence-electron chi connectivity index (χ3n) is 5.49. The van der Waals surface area contributed by atoms with Crippen molar-refractivity contribution in [2.45, 2.75) is 51.1 Å². The van der Waals surface area contributed by atoms with E-state index in [0.29, 0.717) is 27.9 Å². The summed E-state index contributed by atoms with van der Waals surface area (Å²) in [6.45, 7) is 1.76. The van der Waals surface area contributed by atoms with E-state index in [1.807, 2.05) is 0 Å². The van der Waals surface area contributed by atoms with Crippen LogP contribution in [0.25, 0.3) is 22.3 Å². The number of nitrogens with two attached hydrogens (primary N) is 1. The molecule has 4 rings (SSSR count). The molecule has 0 aliphatic heterocycles. The van der Waals surface area contributed by atoms with Crippen LogP contribution in [-0.2, 0) is 0 Å². The Hall–Kier alpha value is -3.14. The van der Waals surface area contributed by atoms with Gasteiger partial charge in [0.15, 0.2) is 0 Å². The van der Waals surface area contributed by atoms with Gasteiger partial charge in [-0.1, -0.05) is 0 Å². The molecule has 10 heteroatoms. The third kappa shape index (κ3) is 4.79. The molecule has 0 spiro atoms. The summed E-state index contributed by atoms with van der Waals surface area (Å²) in [5.74, 6) is -0.621. The maximum Gasteiger partial charge on any atom is 0.573 e. The van der Waals surface area contributed by atoms with E-state index >= 15 is 0 Å². The number of aromatic amines is 1. The molecule has 0 bridgehead atoms. The first-order chi connectivity index (χ1) is 14.7. The summed E-state index contributed by atoms with van der Waals surface area (Å²) >= 11 is 0. The molecule has 1 aromatic carbocycles. The number of carbonyl (C=O) groups excluding carboxylic acids is 1. The van der Waals surface area contributed by atoms with Crippen LogP contribution in [0, 0.1) is 6.92 Å². The molecule has 1 amide bonds. The molecule has 0 atom stereocenters. The van der Waals surface area contributed by atoms with Crippen molar-refractivity contribution in [1.82, 2.24) is 20.3 Å². The first-order valence-corrected chi connectivity index (χ1v) is 9.96. The second-order valence-electron chi connectivity index (χ2n) is 7.75. The summed E-state index contributed by atoms with van der Waals surface area (Å²) in [5, 5.41) is 3.54. The molecule has 4 N–H and O–H groups in total. The topological polar surface area (TPSA) is 106 Å². The fourth-order valence-electron chi connectivity index (χ4n) is 3.88. The summed E-state index contributed by atoms with van der Waals surface area (Å²) in [6, 6.07) is 4.30. The van der Waals surface area contributed by atoms with Gasteiger partial charge in [-0.3, -0.25) is 9.78 Å². The van der Waals surface area contributed by atoms with E-state index in [0.717, 1.165) is 25.7 Å². The second kappa shape index (κ2) is 8.18. The molecule has 1 aliphatic carbocycles. The molecule has 0 radical (unpaired) electrons. The number of hydrogen-bond acceptors (Lipinski definition) is 5. The fraction of sp³-hybridized carbons (Fsp3) is 0.381. The Balaban J connectivity index is 1.58. The number of aromatic nitrogens is 3. The summed E-state index contributed by atoms with van der Waals surface area (Å²) < 4.78 is 41.6. The molecular weight excluding hydrogens is 411 g/mol. The number of ether oxygens (including phenoxy) is 1. The Labute approximate surface area is 176 Å².